The van der Waals surface area contributed by atoms with Crippen molar-refractivity contribution in [1.29, 1.82) is 0 Å². The molecule has 2 aliphatic heterocycles. The third-order valence-corrected chi connectivity index (χ3v) is 5.44. The number of nitrogens with zero attached hydrogens (tertiary/aromatic N) is 1. The molecular formula is C19H27N3O3. The van der Waals surface area contributed by atoms with Gasteiger partial charge in [0.1, 0.15) is 6.61 Å². The zero-order chi connectivity index (χ0) is 17.2. The number of para-hydroxylation sites is 1. The van der Waals surface area contributed by atoms with E-state index >= 15 is 0 Å². The maximum absolute atomic E-state index is 12.3. The van der Waals surface area contributed by atoms with Gasteiger partial charge in [-0.15, -0.1) is 0 Å². The molecule has 1 saturated carbocycles. The molecule has 1 saturated heterocycles. The second-order valence-corrected chi connectivity index (χ2v) is 7.32. The van der Waals surface area contributed by atoms with Gasteiger partial charge in [-0.25, -0.2) is 4.79 Å². The first-order valence-corrected chi connectivity index (χ1v) is 9.32. The Labute approximate surface area is 148 Å². The molecule has 1 atom stereocenters. The van der Waals surface area contributed by atoms with Crippen LogP contribution >= 0.6 is 0 Å². The molecule has 1 aromatic carbocycles. The molecule has 0 radical (unpaired) electrons. The molecule has 2 amide bonds. The first-order valence-electron chi connectivity index (χ1n) is 9.32. The number of ether oxygens (including phenoxy) is 2. The monoisotopic (exact) mass is 345 g/mol. The number of fused-ring (bicyclic) bond motifs is 1. The molecule has 6 nitrogen and oxygen atoms in total. The van der Waals surface area contributed by atoms with Gasteiger partial charge in [-0.2, -0.15) is 0 Å². The van der Waals surface area contributed by atoms with Crippen molar-refractivity contribution in [3.8, 4) is 11.5 Å². The Morgan fingerprint density at radius 1 is 1.16 bits per heavy atom. The fourth-order valence-electron chi connectivity index (χ4n) is 3.91. The number of hydrogen-bond acceptors (Lipinski definition) is 4. The molecule has 0 spiro atoms. The summed E-state index contributed by atoms with van der Waals surface area (Å²) < 4.78 is 11.2. The second-order valence-electron chi connectivity index (χ2n) is 7.32. The molecule has 0 unspecified atom stereocenters. The highest BCUT2D eigenvalue weighted by Crippen LogP contribution is 2.34. The molecule has 3 aliphatic rings. The van der Waals surface area contributed by atoms with E-state index in [2.05, 4.69) is 15.5 Å². The minimum Gasteiger partial charge on any atom is -0.493 e. The zero-order valence-electron chi connectivity index (χ0n) is 14.8. The average Bonchev–Trinajstić information content (AvgIpc) is 3.46. The van der Waals surface area contributed by atoms with Crippen LogP contribution in [0.5, 0.6) is 11.5 Å². The van der Waals surface area contributed by atoms with E-state index in [-0.39, 0.29) is 18.1 Å². The highest BCUT2D eigenvalue weighted by molar-refractivity contribution is 5.74. The van der Waals surface area contributed by atoms with Crippen molar-refractivity contribution in [1.82, 2.24) is 15.5 Å². The van der Waals surface area contributed by atoms with Gasteiger partial charge in [0.25, 0.3) is 0 Å². The van der Waals surface area contributed by atoms with Crippen molar-refractivity contribution in [2.24, 2.45) is 0 Å². The maximum Gasteiger partial charge on any atom is 0.315 e. The molecule has 2 fully saturated rings. The van der Waals surface area contributed by atoms with Crippen molar-refractivity contribution in [3.05, 3.63) is 23.8 Å². The third-order valence-electron chi connectivity index (χ3n) is 5.44. The highest BCUT2D eigenvalue weighted by atomic mass is 16.5. The van der Waals surface area contributed by atoms with Crippen LogP contribution in [0.1, 0.15) is 31.2 Å². The van der Waals surface area contributed by atoms with Crippen LogP contribution in [0.4, 0.5) is 4.79 Å². The van der Waals surface area contributed by atoms with Gasteiger partial charge in [0.05, 0.1) is 13.2 Å². The minimum atomic E-state index is -0.0789. The lowest BCUT2D eigenvalue weighted by Gasteiger charge is -2.33. The van der Waals surface area contributed by atoms with E-state index in [4.69, 9.17) is 9.47 Å². The summed E-state index contributed by atoms with van der Waals surface area (Å²) in [5, 5.41) is 6.20. The summed E-state index contributed by atoms with van der Waals surface area (Å²) in [6.45, 7) is 2.69. The van der Waals surface area contributed by atoms with Crippen LogP contribution in [-0.2, 0) is 6.42 Å². The van der Waals surface area contributed by atoms with Crippen LogP contribution in [0.25, 0.3) is 0 Å². The van der Waals surface area contributed by atoms with Crippen LogP contribution < -0.4 is 20.1 Å². The zero-order valence-corrected chi connectivity index (χ0v) is 14.8. The van der Waals surface area contributed by atoms with Crippen molar-refractivity contribution < 1.29 is 14.3 Å². The van der Waals surface area contributed by atoms with E-state index in [1.165, 1.54) is 12.8 Å². The number of likely N-dealkylation sites (tertiary alicyclic amines) is 1. The summed E-state index contributed by atoms with van der Waals surface area (Å²) in [7, 11) is 1.64. The number of rotatable bonds is 4. The van der Waals surface area contributed by atoms with E-state index < -0.39 is 0 Å². The molecule has 1 aromatic rings. The molecular weight excluding hydrogens is 318 g/mol. The summed E-state index contributed by atoms with van der Waals surface area (Å²) in [5.41, 5.74) is 1.08. The lowest BCUT2D eigenvalue weighted by Crippen LogP contribution is -2.52. The van der Waals surface area contributed by atoms with Crippen LogP contribution in [-0.4, -0.2) is 55.9 Å². The molecule has 0 bridgehead atoms. The SMILES string of the molecule is COc1cccc2c1OC[C@H](NC(=O)NC1CCN(C3CC3)CC1)C2. The third kappa shape index (κ3) is 3.84. The van der Waals surface area contributed by atoms with Gasteiger partial charge in [-0.1, -0.05) is 12.1 Å². The maximum atomic E-state index is 12.3. The Morgan fingerprint density at radius 3 is 2.64 bits per heavy atom. The second kappa shape index (κ2) is 7.12. The van der Waals surface area contributed by atoms with E-state index in [9.17, 15) is 4.79 Å². The highest BCUT2D eigenvalue weighted by Gasteiger charge is 2.32. The van der Waals surface area contributed by atoms with Gasteiger partial charge in [0.15, 0.2) is 11.5 Å². The largest absolute Gasteiger partial charge is 0.493 e. The van der Waals surface area contributed by atoms with Crippen LogP contribution in [0.3, 0.4) is 0 Å². The normalized spacial score (nSPS) is 24.1. The Kier molecular flexibility index (Phi) is 4.70. The van der Waals surface area contributed by atoms with Crippen LogP contribution in [0.15, 0.2) is 18.2 Å². The predicted octanol–water partition coefficient (Wildman–Crippen LogP) is 1.92. The molecule has 6 heteroatoms. The number of urea groups is 1. The van der Waals surface area contributed by atoms with Gasteiger partial charge in [-0.05, 0) is 38.2 Å². The fourth-order valence-corrected chi connectivity index (χ4v) is 3.91. The Bertz CT molecular complexity index is 624. The van der Waals surface area contributed by atoms with Crippen molar-refractivity contribution in [2.75, 3.05) is 26.8 Å². The summed E-state index contributed by atoms with van der Waals surface area (Å²) in [6.07, 6.45) is 5.56. The number of carbonyl (C=O) groups excluding carboxylic acids is 1. The number of carbonyl (C=O) groups is 1. The molecule has 0 aromatic heterocycles. The minimum absolute atomic E-state index is 0.00819. The molecule has 1 aliphatic carbocycles. The van der Waals surface area contributed by atoms with Gasteiger partial charge < -0.3 is 25.0 Å². The van der Waals surface area contributed by atoms with Gasteiger partial charge in [0, 0.05) is 30.7 Å². The molecule has 136 valence electrons. The molecule has 2 N–H and O–H groups in total. The summed E-state index contributed by atoms with van der Waals surface area (Å²) >= 11 is 0. The van der Waals surface area contributed by atoms with E-state index in [0.717, 1.165) is 55.5 Å². The summed E-state index contributed by atoms with van der Waals surface area (Å²) in [6, 6.07) is 6.90. The van der Waals surface area contributed by atoms with Gasteiger partial charge >= 0.3 is 6.03 Å². The Balaban J connectivity index is 1.26. The van der Waals surface area contributed by atoms with Crippen LogP contribution in [0, 0.1) is 0 Å². The molecule has 4 rings (SSSR count). The number of nitrogens with one attached hydrogen (secondary N) is 2. The van der Waals surface area contributed by atoms with Crippen molar-refractivity contribution in [2.45, 2.75) is 50.2 Å². The lowest BCUT2D eigenvalue weighted by atomic mass is 10.0. The smallest absolute Gasteiger partial charge is 0.315 e. The fraction of sp³-hybridized carbons (Fsp3) is 0.632. The Hall–Kier alpha value is -1.95. The van der Waals surface area contributed by atoms with E-state index in [0.29, 0.717) is 6.61 Å². The topological polar surface area (TPSA) is 62.8 Å². The standard InChI is InChI=1S/C19H27N3O3/c1-24-17-4-2-3-13-11-15(12-25-18(13)17)21-19(23)20-14-7-9-22(10-8-14)16-5-6-16/h2-4,14-16H,5-12H2,1H3,(H2,20,21,23)/t15-/m1/s1. The summed E-state index contributed by atoms with van der Waals surface area (Å²) in [5.74, 6) is 1.55. The Morgan fingerprint density at radius 2 is 1.92 bits per heavy atom. The number of piperidine rings is 1. The average molecular weight is 345 g/mol. The first kappa shape index (κ1) is 16.5. The number of methoxy groups -OCH3 is 1. The van der Waals surface area contributed by atoms with Gasteiger partial charge in [0.2, 0.25) is 0 Å². The lowest BCUT2D eigenvalue weighted by molar-refractivity contribution is 0.180. The van der Waals surface area contributed by atoms with Crippen molar-refractivity contribution in [3.63, 3.8) is 0 Å². The first-order chi connectivity index (χ1) is 12.2. The number of hydrogen-bond donors (Lipinski definition) is 2. The van der Waals surface area contributed by atoms with Gasteiger partial charge in [-0.3, -0.25) is 0 Å². The summed E-state index contributed by atoms with van der Waals surface area (Å²) in [4.78, 5) is 14.9. The van der Waals surface area contributed by atoms with Crippen LogP contribution in [0.2, 0.25) is 0 Å². The molecule has 2 heterocycles. The number of benzene rings is 1. The van der Waals surface area contributed by atoms with Crippen molar-refractivity contribution >= 4 is 6.03 Å². The predicted molar refractivity (Wildman–Crippen MR) is 95.3 cm³/mol. The number of amides is 2. The van der Waals surface area contributed by atoms with E-state index in [1.807, 2.05) is 18.2 Å². The van der Waals surface area contributed by atoms with E-state index in [1.54, 1.807) is 7.11 Å². The molecule has 25 heavy (non-hydrogen) atoms. The quantitative estimate of drug-likeness (QED) is 0.875.